The van der Waals surface area contributed by atoms with E-state index in [1.165, 1.54) is 11.4 Å². The van der Waals surface area contributed by atoms with Crippen LogP contribution in [0.4, 0.5) is 5.69 Å². The number of carbonyl (C=O) groups excluding carboxylic acids is 1. The van der Waals surface area contributed by atoms with E-state index in [0.29, 0.717) is 30.1 Å². The van der Waals surface area contributed by atoms with Crippen LogP contribution >= 0.6 is 0 Å². The van der Waals surface area contributed by atoms with Crippen molar-refractivity contribution < 1.29 is 17.9 Å². The number of sulfonamides is 1. The highest BCUT2D eigenvalue weighted by Crippen LogP contribution is 2.24. The maximum absolute atomic E-state index is 12.8. The highest BCUT2D eigenvalue weighted by Gasteiger charge is 2.21. The lowest BCUT2D eigenvalue weighted by Crippen LogP contribution is -2.43. The van der Waals surface area contributed by atoms with Crippen LogP contribution in [0.25, 0.3) is 0 Å². The van der Waals surface area contributed by atoms with Gasteiger partial charge in [-0.25, -0.2) is 8.42 Å². The molecule has 1 N–H and O–H groups in total. The summed E-state index contributed by atoms with van der Waals surface area (Å²) in [7, 11) is -2.14. The van der Waals surface area contributed by atoms with Crippen LogP contribution in [0.5, 0.6) is 5.75 Å². The molecule has 7 nitrogen and oxygen atoms in total. The molecule has 0 bridgehead atoms. The number of hydrogen-bond donors (Lipinski definition) is 1. The van der Waals surface area contributed by atoms with Gasteiger partial charge in [0, 0.05) is 32.2 Å². The summed E-state index contributed by atoms with van der Waals surface area (Å²) in [4.78, 5) is 14.6. The number of rotatable bonds is 11. The first-order valence-electron chi connectivity index (χ1n) is 10.8. The first-order valence-corrected chi connectivity index (χ1v) is 12.3. The molecule has 0 aliphatic heterocycles. The molecule has 176 valence electrons. The number of nitrogens with zero attached hydrogens (tertiary/aromatic N) is 2. The Balaban J connectivity index is 1.88. The first-order chi connectivity index (χ1) is 15.0. The van der Waals surface area contributed by atoms with Gasteiger partial charge in [0.05, 0.1) is 10.6 Å². The molecule has 1 amide bonds. The molecule has 0 saturated carbocycles. The van der Waals surface area contributed by atoms with E-state index < -0.39 is 10.0 Å². The van der Waals surface area contributed by atoms with Crippen molar-refractivity contribution in [3.05, 3.63) is 54.1 Å². The average Bonchev–Trinajstić information content (AvgIpc) is 2.74. The quantitative estimate of drug-likeness (QED) is 0.555. The maximum atomic E-state index is 12.8. The van der Waals surface area contributed by atoms with E-state index in [2.05, 4.69) is 37.9 Å². The van der Waals surface area contributed by atoms with Crippen LogP contribution in [0, 0.1) is 6.92 Å². The Morgan fingerprint density at radius 3 is 2.06 bits per heavy atom. The number of nitrogens with one attached hydrogen (secondary N) is 1. The largest absolute Gasteiger partial charge is 0.484 e. The maximum Gasteiger partial charge on any atom is 0.264 e. The highest BCUT2D eigenvalue weighted by molar-refractivity contribution is 7.92. The topological polar surface area (TPSA) is 78.9 Å². The lowest BCUT2D eigenvalue weighted by atomic mass is 10.2. The second kappa shape index (κ2) is 11.3. The fourth-order valence-electron chi connectivity index (χ4n) is 3.40. The van der Waals surface area contributed by atoms with Crippen LogP contribution in [-0.2, 0) is 14.8 Å². The van der Waals surface area contributed by atoms with Gasteiger partial charge in [0.1, 0.15) is 5.75 Å². The molecule has 8 heteroatoms. The molecule has 2 aromatic rings. The van der Waals surface area contributed by atoms with Crippen LogP contribution in [0.1, 0.15) is 33.3 Å². The minimum absolute atomic E-state index is 0.0970. The lowest BCUT2D eigenvalue weighted by molar-refractivity contribution is -0.123. The van der Waals surface area contributed by atoms with E-state index in [0.717, 1.165) is 12.1 Å². The molecular formula is C24H35N3O4S. The monoisotopic (exact) mass is 461 g/mol. The number of anilines is 1. The second-order valence-electron chi connectivity index (χ2n) is 8.34. The van der Waals surface area contributed by atoms with Gasteiger partial charge in [-0.1, -0.05) is 17.7 Å². The molecular weight excluding hydrogens is 426 g/mol. The van der Waals surface area contributed by atoms with Crippen LogP contribution < -0.4 is 14.4 Å². The average molecular weight is 462 g/mol. The van der Waals surface area contributed by atoms with Crippen molar-refractivity contribution in [2.24, 2.45) is 0 Å². The smallest absolute Gasteiger partial charge is 0.264 e. The van der Waals surface area contributed by atoms with E-state index >= 15 is 0 Å². The van der Waals surface area contributed by atoms with E-state index in [4.69, 9.17) is 4.74 Å². The highest BCUT2D eigenvalue weighted by atomic mass is 32.2. The van der Waals surface area contributed by atoms with Crippen LogP contribution in [0.2, 0.25) is 0 Å². The van der Waals surface area contributed by atoms with Crippen LogP contribution in [0.15, 0.2) is 53.4 Å². The summed E-state index contributed by atoms with van der Waals surface area (Å²) in [6, 6.07) is 14.2. The molecule has 0 saturated heterocycles. The molecule has 32 heavy (non-hydrogen) atoms. The number of hydrogen-bond acceptors (Lipinski definition) is 5. The molecule has 0 aromatic heterocycles. The Hall–Kier alpha value is -2.58. The van der Waals surface area contributed by atoms with E-state index in [1.54, 1.807) is 48.5 Å². The molecule has 0 aliphatic rings. The van der Waals surface area contributed by atoms with Crippen molar-refractivity contribution in [3.63, 3.8) is 0 Å². The second-order valence-corrected chi connectivity index (χ2v) is 10.3. The summed E-state index contributed by atoms with van der Waals surface area (Å²) >= 11 is 0. The Morgan fingerprint density at radius 1 is 0.969 bits per heavy atom. The third-order valence-corrected chi connectivity index (χ3v) is 7.07. The molecule has 0 heterocycles. The van der Waals surface area contributed by atoms with E-state index in [1.807, 2.05) is 6.92 Å². The molecule has 0 unspecified atom stereocenters. The minimum atomic E-state index is -3.65. The number of carbonyl (C=O) groups is 1. The molecule has 0 spiro atoms. The zero-order chi connectivity index (χ0) is 23.9. The first kappa shape index (κ1) is 25.7. The van der Waals surface area contributed by atoms with Crippen molar-refractivity contribution in [2.75, 3.05) is 31.0 Å². The molecule has 0 fully saturated rings. The predicted octanol–water partition coefficient (Wildman–Crippen LogP) is 3.43. The third kappa shape index (κ3) is 6.97. The third-order valence-electron chi connectivity index (χ3n) is 5.27. The van der Waals surface area contributed by atoms with Crippen molar-refractivity contribution in [3.8, 4) is 5.75 Å². The summed E-state index contributed by atoms with van der Waals surface area (Å²) in [6.07, 6.45) is 0. The van der Waals surface area contributed by atoms with E-state index in [-0.39, 0.29) is 17.4 Å². The summed E-state index contributed by atoms with van der Waals surface area (Å²) in [5, 5.41) is 2.87. The Bertz CT molecular complexity index is 963. The van der Waals surface area contributed by atoms with E-state index in [9.17, 15) is 13.2 Å². The fourth-order valence-corrected chi connectivity index (χ4v) is 4.59. The summed E-state index contributed by atoms with van der Waals surface area (Å²) in [5.41, 5.74) is 1.50. The Kier molecular flexibility index (Phi) is 9.09. The molecule has 2 aromatic carbocycles. The zero-order valence-corrected chi connectivity index (χ0v) is 20.6. The molecule has 0 radical (unpaired) electrons. The summed E-state index contributed by atoms with van der Waals surface area (Å²) in [5.74, 6) is 0.302. The normalized spacial score (nSPS) is 11.8. The number of ether oxygens (including phenoxy) is 1. The van der Waals surface area contributed by atoms with Gasteiger partial charge in [-0.15, -0.1) is 0 Å². The molecule has 0 aliphatic carbocycles. The van der Waals surface area contributed by atoms with Gasteiger partial charge in [0.25, 0.3) is 15.9 Å². The van der Waals surface area contributed by atoms with Crippen LogP contribution in [-0.4, -0.2) is 58.1 Å². The van der Waals surface area contributed by atoms with Crippen molar-refractivity contribution >= 4 is 21.6 Å². The summed E-state index contributed by atoms with van der Waals surface area (Å²) < 4.78 is 32.4. The summed E-state index contributed by atoms with van der Waals surface area (Å²) in [6.45, 7) is 11.7. The number of benzene rings is 2. The predicted molar refractivity (Wildman–Crippen MR) is 129 cm³/mol. The SMILES string of the molecule is Cc1ccc(S(=O)(=O)N(C)c2ccc(OCC(=O)NCCN(C(C)C)C(C)C)cc2)cc1. The fraction of sp³-hybridized carbons (Fsp3) is 0.458. The Labute approximate surface area is 192 Å². The van der Waals surface area contributed by atoms with Crippen molar-refractivity contribution in [1.82, 2.24) is 10.2 Å². The standard InChI is InChI=1S/C24H35N3O4S/c1-18(2)27(19(3)4)16-15-25-24(28)17-31-22-11-9-21(10-12-22)26(6)32(29,30)23-13-7-20(5)8-14-23/h7-14,18-19H,15-17H2,1-6H3,(H,25,28). The van der Waals surface area contributed by atoms with Crippen molar-refractivity contribution in [2.45, 2.75) is 51.6 Å². The lowest BCUT2D eigenvalue weighted by Gasteiger charge is -2.30. The number of amides is 1. The van der Waals surface area contributed by atoms with Gasteiger partial charge in [-0.2, -0.15) is 0 Å². The van der Waals surface area contributed by atoms with Gasteiger partial charge in [-0.3, -0.25) is 14.0 Å². The number of aryl methyl sites for hydroxylation is 1. The molecule has 0 atom stereocenters. The van der Waals surface area contributed by atoms with Gasteiger partial charge in [0.15, 0.2) is 6.61 Å². The van der Waals surface area contributed by atoms with Crippen molar-refractivity contribution in [1.29, 1.82) is 0 Å². The zero-order valence-electron chi connectivity index (χ0n) is 19.8. The van der Waals surface area contributed by atoms with Gasteiger partial charge in [-0.05, 0) is 71.0 Å². The Morgan fingerprint density at radius 2 is 1.53 bits per heavy atom. The van der Waals surface area contributed by atoms with Gasteiger partial charge < -0.3 is 10.1 Å². The minimum Gasteiger partial charge on any atom is -0.484 e. The van der Waals surface area contributed by atoms with Crippen LogP contribution in [0.3, 0.4) is 0 Å². The van der Waals surface area contributed by atoms with Gasteiger partial charge in [0.2, 0.25) is 0 Å². The molecule has 2 rings (SSSR count). The van der Waals surface area contributed by atoms with Gasteiger partial charge >= 0.3 is 0 Å².